The van der Waals surface area contributed by atoms with Crippen molar-refractivity contribution in [1.82, 2.24) is 4.90 Å². The lowest BCUT2D eigenvalue weighted by Crippen LogP contribution is -2.41. The standard InChI is InChI=1S/C14H18FNO3/c1-14(2,3)19-13(18)16-7-10-9(12(17)8-16)5-4-6-11(10)15/h4-6,12,17H,7-8H2,1-3H3. The van der Waals surface area contributed by atoms with Crippen LogP contribution < -0.4 is 0 Å². The predicted molar refractivity (Wildman–Crippen MR) is 68.0 cm³/mol. The number of carbonyl (C=O) groups excluding carboxylic acids is 1. The highest BCUT2D eigenvalue weighted by Gasteiger charge is 2.31. The lowest BCUT2D eigenvalue weighted by Gasteiger charge is -2.33. The number of hydrogen-bond acceptors (Lipinski definition) is 3. The Morgan fingerprint density at radius 1 is 1.47 bits per heavy atom. The van der Waals surface area contributed by atoms with Crippen molar-refractivity contribution in [3.05, 3.63) is 35.1 Å². The second kappa shape index (κ2) is 4.81. The molecule has 1 amide bonds. The van der Waals surface area contributed by atoms with E-state index < -0.39 is 23.6 Å². The topological polar surface area (TPSA) is 49.8 Å². The summed E-state index contributed by atoms with van der Waals surface area (Å²) in [5, 5.41) is 9.99. The highest BCUT2D eigenvalue weighted by Crippen LogP contribution is 2.29. The second-order valence-corrected chi connectivity index (χ2v) is 5.68. The lowest BCUT2D eigenvalue weighted by molar-refractivity contribution is 0.00787. The molecule has 0 aliphatic carbocycles. The molecule has 1 aliphatic rings. The Balaban J connectivity index is 2.21. The quantitative estimate of drug-likeness (QED) is 0.786. The molecule has 1 aliphatic heterocycles. The molecule has 1 N–H and O–H groups in total. The fourth-order valence-electron chi connectivity index (χ4n) is 2.08. The number of aliphatic hydroxyl groups is 1. The Kier molecular flexibility index (Phi) is 3.49. The van der Waals surface area contributed by atoms with E-state index in [9.17, 15) is 14.3 Å². The first kappa shape index (κ1) is 13.8. The summed E-state index contributed by atoms with van der Waals surface area (Å²) in [7, 11) is 0. The molecule has 0 saturated heterocycles. The van der Waals surface area contributed by atoms with Crippen molar-refractivity contribution in [2.75, 3.05) is 6.54 Å². The Morgan fingerprint density at radius 2 is 2.16 bits per heavy atom. The van der Waals surface area contributed by atoms with E-state index in [1.807, 2.05) is 0 Å². The van der Waals surface area contributed by atoms with Gasteiger partial charge in [-0.1, -0.05) is 12.1 Å². The number of amides is 1. The molecule has 19 heavy (non-hydrogen) atoms. The van der Waals surface area contributed by atoms with Gasteiger partial charge in [-0.25, -0.2) is 9.18 Å². The number of halogens is 1. The maximum Gasteiger partial charge on any atom is 0.410 e. The second-order valence-electron chi connectivity index (χ2n) is 5.68. The summed E-state index contributed by atoms with van der Waals surface area (Å²) in [5.41, 5.74) is 0.282. The van der Waals surface area contributed by atoms with Crippen LogP contribution in [0.5, 0.6) is 0 Å². The zero-order valence-electron chi connectivity index (χ0n) is 11.3. The van der Waals surface area contributed by atoms with Crippen molar-refractivity contribution in [3.8, 4) is 0 Å². The van der Waals surface area contributed by atoms with E-state index in [-0.39, 0.29) is 13.1 Å². The summed E-state index contributed by atoms with van der Waals surface area (Å²) < 4.78 is 19.0. The van der Waals surface area contributed by atoms with Gasteiger partial charge in [0, 0.05) is 5.56 Å². The number of rotatable bonds is 0. The van der Waals surface area contributed by atoms with Gasteiger partial charge in [-0.15, -0.1) is 0 Å². The number of nitrogens with zero attached hydrogens (tertiary/aromatic N) is 1. The number of carbonyl (C=O) groups is 1. The first-order valence-electron chi connectivity index (χ1n) is 6.21. The Bertz CT molecular complexity index is 496. The average molecular weight is 267 g/mol. The van der Waals surface area contributed by atoms with Crippen LogP contribution in [0.1, 0.15) is 38.0 Å². The Labute approximate surface area is 111 Å². The van der Waals surface area contributed by atoms with Crippen LogP contribution in [0.15, 0.2) is 18.2 Å². The summed E-state index contributed by atoms with van der Waals surface area (Å²) in [4.78, 5) is 13.3. The number of ether oxygens (including phenoxy) is 1. The molecular weight excluding hydrogens is 249 g/mol. The van der Waals surface area contributed by atoms with Gasteiger partial charge in [0.1, 0.15) is 11.4 Å². The number of hydrogen-bond donors (Lipinski definition) is 1. The molecule has 1 aromatic carbocycles. The third kappa shape index (κ3) is 3.04. The van der Waals surface area contributed by atoms with Gasteiger partial charge in [-0.05, 0) is 32.4 Å². The molecular formula is C14H18FNO3. The lowest BCUT2D eigenvalue weighted by atomic mass is 9.97. The van der Waals surface area contributed by atoms with Crippen molar-refractivity contribution < 1.29 is 19.0 Å². The summed E-state index contributed by atoms with van der Waals surface area (Å²) >= 11 is 0. The Morgan fingerprint density at radius 3 is 2.79 bits per heavy atom. The first-order chi connectivity index (χ1) is 8.78. The van der Waals surface area contributed by atoms with Gasteiger partial charge in [-0.2, -0.15) is 0 Å². The molecule has 5 heteroatoms. The fourth-order valence-corrected chi connectivity index (χ4v) is 2.08. The summed E-state index contributed by atoms with van der Waals surface area (Å²) in [5.74, 6) is -0.412. The number of fused-ring (bicyclic) bond motifs is 1. The van der Waals surface area contributed by atoms with Crippen LogP contribution in [0.3, 0.4) is 0 Å². The fraction of sp³-hybridized carbons (Fsp3) is 0.500. The molecule has 0 fully saturated rings. The van der Waals surface area contributed by atoms with Crippen molar-refractivity contribution in [1.29, 1.82) is 0 Å². The number of aliphatic hydroxyl groups excluding tert-OH is 1. The van der Waals surface area contributed by atoms with Crippen molar-refractivity contribution >= 4 is 6.09 Å². The molecule has 1 heterocycles. The van der Waals surface area contributed by atoms with Crippen LogP contribution >= 0.6 is 0 Å². The van der Waals surface area contributed by atoms with Gasteiger partial charge in [0.15, 0.2) is 0 Å². The average Bonchev–Trinajstić information content (AvgIpc) is 2.28. The van der Waals surface area contributed by atoms with E-state index in [4.69, 9.17) is 4.74 Å². The van der Waals surface area contributed by atoms with E-state index in [0.717, 1.165) is 0 Å². The molecule has 1 unspecified atom stereocenters. The van der Waals surface area contributed by atoms with E-state index in [2.05, 4.69) is 0 Å². The minimum absolute atomic E-state index is 0.116. The van der Waals surface area contributed by atoms with Gasteiger partial charge in [0.25, 0.3) is 0 Å². The number of β-amino-alcohol motifs (C(OH)–C–C–N with tert-alkyl or cyclic N) is 1. The third-order valence-corrected chi connectivity index (χ3v) is 2.91. The van der Waals surface area contributed by atoms with Crippen LogP contribution in [0, 0.1) is 5.82 Å². The Hall–Kier alpha value is -1.62. The van der Waals surface area contributed by atoms with Gasteiger partial charge >= 0.3 is 6.09 Å². The van der Waals surface area contributed by atoms with Crippen LogP contribution in [0.4, 0.5) is 9.18 Å². The molecule has 0 bridgehead atoms. The zero-order chi connectivity index (χ0) is 14.2. The van der Waals surface area contributed by atoms with Crippen LogP contribution in [-0.2, 0) is 11.3 Å². The predicted octanol–water partition coefficient (Wildman–Crippen LogP) is 2.61. The van der Waals surface area contributed by atoms with Crippen molar-refractivity contribution in [2.45, 2.75) is 39.0 Å². The number of benzene rings is 1. The molecule has 4 nitrogen and oxygen atoms in total. The molecule has 1 atom stereocenters. The SMILES string of the molecule is CC(C)(C)OC(=O)N1Cc2c(F)cccc2C(O)C1. The van der Waals surface area contributed by atoms with E-state index in [1.54, 1.807) is 32.9 Å². The van der Waals surface area contributed by atoms with Crippen LogP contribution in [-0.4, -0.2) is 28.2 Å². The summed E-state index contributed by atoms with van der Waals surface area (Å²) in [6.45, 7) is 5.53. The van der Waals surface area contributed by atoms with E-state index >= 15 is 0 Å². The largest absolute Gasteiger partial charge is 0.444 e. The van der Waals surface area contributed by atoms with Crippen LogP contribution in [0.25, 0.3) is 0 Å². The van der Waals surface area contributed by atoms with Gasteiger partial charge < -0.3 is 14.7 Å². The first-order valence-corrected chi connectivity index (χ1v) is 6.21. The van der Waals surface area contributed by atoms with E-state index in [0.29, 0.717) is 11.1 Å². The van der Waals surface area contributed by atoms with Crippen molar-refractivity contribution in [3.63, 3.8) is 0 Å². The van der Waals surface area contributed by atoms with Gasteiger partial charge in [0.05, 0.1) is 19.2 Å². The molecule has 2 rings (SSSR count). The molecule has 0 saturated carbocycles. The highest BCUT2D eigenvalue weighted by atomic mass is 19.1. The molecule has 104 valence electrons. The van der Waals surface area contributed by atoms with E-state index in [1.165, 1.54) is 11.0 Å². The maximum atomic E-state index is 13.7. The minimum atomic E-state index is -0.882. The summed E-state index contributed by atoms with van der Waals surface area (Å²) in [6, 6.07) is 4.56. The molecule has 0 spiro atoms. The smallest absolute Gasteiger partial charge is 0.410 e. The van der Waals surface area contributed by atoms with Crippen molar-refractivity contribution in [2.24, 2.45) is 0 Å². The monoisotopic (exact) mass is 267 g/mol. The van der Waals surface area contributed by atoms with Gasteiger partial charge in [-0.3, -0.25) is 0 Å². The zero-order valence-corrected chi connectivity index (χ0v) is 11.3. The minimum Gasteiger partial charge on any atom is -0.444 e. The molecule has 1 aromatic rings. The maximum absolute atomic E-state index is 13.7. The molecule has 0 radical (unpaired) electrons. The van der Waals surface area contributed by atoms with Crippen LogP contribution in [0.2, 0.25) is 0 Å². The normalized spacial score (nSPS) is 19.0. The summed E-state index contributed by atoms with van der Waals surface area (Å²) in [6.07, 6.45) is -1.42. The highest BCUT2D eigenvalue weighted by molar-refractivity contribution is 5.68. The van der Waals surface area contributed by atoms with Gasteiger partial charge in [0.2, 0.25) is 0 Å². The third-order valence-electron chi connectivity index (χ3n) is 2.91. The molecule has 0 aromatic heterocycles.